The summed E-state index contributed by atoms with van der Waals surface area (Å²) < 4.78 is 0. The van der Waals surface area contributed by atoms with Crippen LogP contribution in [0, 0.1) is 0 Å². The van der Waals surface area contributed by atoms with Crippen LogP contribution >= 0.6 is 0 Å². The number of anilines is 2. The molecule has 28 heavy (non-hydrogen) atoms. The maximum absolute atomic E-state index is 9.49. The van der Waals surface area contributed by atoms with Gasteiger partial charge in [-0.15, -0.1) is 0 Å². The summed E-state index contributed by atoms with van der Waals surface area (Å²) in [7, 11) is 0. The fourth-order valence-electron chi connectivity index (χ4n) is 3.57. The van der Waals surface area contributed by atoms with Gasteiger partial charge in [0.05, 0.1) is 0 Å². The number of phenols is 1. The van der Waals surface area contributed by atoms with Gasteiger partial charge in [0.2, 0.25) is 0 Å². The van der Waals surface area contributed by atoms with E-state index >= 15 is 0 Å². The van der Waals surface area contributed by atoms with Crippen molar-refractivity contribution in [1.29, 1.82) is 0 Å². The maximum atomic E-state index is 9.49. The van der Waals surface area contributed by atoms with Crippen molar-refractivity contribution in [3.8, 4) is 16.9 Å². The van der Waals surface area contributed by atoms with Gasteiger partial charge in [0.15, 0.2) is 0 Å². The van der Waals surface area contributed by atoms with Crippen molar-refractivity contribution in [1.82, 2.24) is 0 Å². The fourth-order valence-corrected chi connectivity index (χ4v) is 3.57. The number of fused-ring (bicyclic) bond motifs is 1. The topological polar surface area (TPSA) is 49.5 Å². The first-order valence-corrected chi connectivity index (χ1v) is 9.55. The van der Waals surface area contributed by atoms with Gasteiger partial charge >= 0.3 is 0 Å². The Morgan fingerprint density at radius 2 is 1.57 bits per heavy atom. The lowest BCUT2D eigenvalue weighted by Crippen LogP contribution is -2.21. The average Bonchev–Trinajstić information content (AvgIpc) is 2.73. The van der Waals surface area contributed by atoms with Crippen LogP contribution in [0.1, 0.15) is 12.5 Å². The molecule has 0 radical (unpaired) electrons. The number of aromatic hydroxyl groups is 1. The van der Waals surface area contributed by atoms with Gasteiger partial charge in [-0.3, -0.25) is 0 Å². The molecule has 0 unspecified atom stereocenters. The second kappa shape index (κ2) is 7.65. The quantitative estimate of drug-likeness (QED) is 0.436. The zero-order valence-electron chi connectivity index (χ0n) is 16.0. The van der Waals surface area contributed by atoms with Gasteiger partial charge in [-0.05, 0) is 65.2 Å². The lowest BCUT2D eigenvalue weighted by atomic mass is 9.99. The molecular formula is C25H24N2O. The normalized spacial score (nSPS) is 10.9. The summed E-state index contributed by atoms with van der Waals surface area (Å²) in [5.41, 5.74) is 11.7. The molecule has 0 aromatic heterocycles. The number of phenolic OH excluding ortho intramolecular Hbond substituents is 1. The second-order valence-electron chi connectivity index (χ2n) is 7.02. The molecule has 0 spiro atoms. The molecular weight excluding hydrogens is 344 g/mol. The molecule has 140 valence electrons. The van der Waals surface area contributed by atoms with E-state index < -0.39 is 0 Å². The van der Waals surface area contributed by atoms with Gasteiger partial charge in [0, 0.05) is 30.0 Å². The molecule has 0 bridgehead atoms. The molecule has 0 heterocycles. The van der Waals surface area contributed by atoms with E-state index in [2.05, 4.69) is 54.3 Å². The highest BCUT2D eigenvalue weighted by molar-refractivity contribution is 5.95. The number of hydrogen-bond donors (Lipinski definition) is 2. The van der Waals surface area contributed by atoms with Gasteiger partial charge in [-0.25, -0.2) is 0 Å². The molecule has 0 saturated heterocycles. The van der Waals surface area contributed by atoms with Gasteiger partial charge in [-0.1, -0.05) is 48.5 Å². The minimum atomic E-state index is 0.294. The van der Waals surface area contributed by atoms with E-state index in [0.717, 1.165) is 41.0 Å². The molecule has 0 aliphatic carbocycles. The summed E-state index contributed by atoms with van der Waals surface area (Å²) in [5, 5.41) is 11.8. The number of hydrogen-bond acceptors (Lipinski definition) is 3. The maximum Gasteiger partial charge on any atom is 0.115 e. The Morgan fingerprint density at radius 3 is 2.29 bits per heavy atom. The Balaban J connectivity index is 1.67. The first kappa shape index (κ1) is 17.9. The number of nitrogen functional groups attached to an aromatic ring is 1. The van der Waals surface area contributed by atoms with Crippen LogP contribution in [0.5, 0.6) is 5.75 Å². The van der Waals surface area contributed by atoms with Crippen LogP contribution in [0.15, 0.2) is 84.9 Å². The smallest absolute Gasteiger partial charge is 0.115 e. The van der Waals surface area contributed by atoms with Crippen molar-refractivity contribution in [3.05, 3.63) is 90.5 Å². The molecule has 0 saturated carbocycles. The third-order valence-electron chi connectivity index (χ3n) is 5.13. The van der Waals surface area contributed by atoms with Crippen LogP contribution < -0.4 is 10.6 Å². The highest BCUT2D eigenvalue weighted by atomic mass is 16.3. The van der Waals surface area contributed by atoms with E-state index in [1.54, 1.807) is 12.1 Å². The first-order valence-electron chi connectivity index (χ1n) is 9.55. The van der Waals surface area contributed by atoms with Gasteiger partial charge in [0.1, 0.15) is 5.75 Å². The second-order valence-corrected chi connectivity index (χ2v) is 7.02. The van der Waals surface area contributed by atoms with Crippen molar-refractivity contribution in [3.63, 3.8) is 0 Å². The summed E-state index contributed by atoms with van der Waals surface area (Å²) in [6.07, 6.45) is 0. The Hall–Kier alpha value is -3.46. The minimum absolute atomic E-state index is 0.294. The van der Waals surface area contributed by atoms with Crippen molar-refractivity contribution >= 4 is 22.1 Å². The summed E-state index contributed by atoms with van der Waals surface area (Å²) in [6, 6.07) is 28.4. The number of nitrogens with zero attached hydrogens (tertiary/aromatic N) is 1. The molecule has 4 rings (SSSR count). The van der Waals surface area contributed by atoms with Gasteiger partial charge < -0.3 is 15.7 Å². The molecule has 0 atom stereocenters. The Labute approximate surface area is 165 Å². The summed E-state index contributed by atoms with van der Waals surface area (Å²) in [6.45, 7) is 3.83. The van der Waals surface area contributed by atoms with E-state index in [1.807, 2.05) is 30.3 Å². The largest absolute Gasteiger partial charge is 0.508 e. The van der Waals surface area contributed by atoms with Crippen molar-refractivity contribution in [2.45, 2.75) is 13.5 Å². The van der Waals surface area contributed by atoms with Gasteiger partial charge in [-0.2, -0.15) is 0 Å². The molecule has 4 aromatic carbocycles. The molecule has 4 aromatic rings. The summed E-state index contributed by atoms with van der Waals surface area (Å²) >= 11 is 0. The van der Waals surface area contributed by atoms with Crippen LogP contribution in [0.4, 0.5) is 11.4 Å². The molecule has 3 heteroatoms. The number of benzene rings is 4. The van der Waals surface area contributed by atoms with E-state index in [0.29, 0.717) is 5.75 Å². The van der Waals surface area contributed by atoms with E-state index in [9.17, 15) is 5.11 Å². The highest BCUT2D eigenvalue weighted by Crippen LogP contribution is 2.32. The Kier molecular flexibility index (Phi) is 4.90. The fraction of sp³-hybridized carbons (Fsp3) is 0.120. The monoisotopic (exact) mass is 368 g/mol. The molecule has 3 nitrogen and oxygen atoms in total. The molecule has 0 aliphatic heterocycles. The third kappa shape index (κ3) is 3.65. The first-order chi connectivity index (χ1) is 13.6. The van der Waals surface area contributed by atoms with Crippen LogP contribution in [0.2, 0.25) is 0 Å². The zero-order valence-corrected chi connectivity index (χ0v) is 16.0. The highest BCUT2D eigenvalue weighted by Gasteiger charge is 2.09. The molecule has 0 amide bonds. The average molecular weight is 368 g/mol. The predicted octanol–water partition coefficient (Wildman–Crippen LogP) is 5.82. The molecule has 3 N–H and O–H groups in total. The lowest BCUT2D eigenvalue weighted by Gasteiger charge is -2.24. The Bertz CT molecular complexity index is 1090. The van der Waals surface area contributed by atoms with Crippen LogP contribution in [-0.2, 0) is 6.54 Å². The van der Waals surface area contributed by atoms with E-state index in [4.69, 9.17) is 5.73 Å². The molecule has 0 fully saturated rings. The number of rotatable bonds is 5. The zero-order chi connectivity index (χ0) is 19.5. The molecule has 0 aliphatic rings. The Morgan fingerprint density at radius 1 is 0.821 bits per heavy atom. The summed E-state index contributed by atoms with van der Waals surface area (Å²) in [5.74, 6) is 0.294. The van der Waals surface area contributed by atoms with E-state index in [1.165, 1.54) is 10.9 Å². The van der Waals surface area contributed by atoms with Crippen molar-refractivity contribution < 1.29 is 5.11 Å². The van der Waals surface area contributed by atoms with Crippen molar-refractivity contribution in [2.24, 2.45) is 0 Å². The van der Waals surface area contributed by atoms with Gasteiger partial charge in [0.25, 0.3) is 0 Å². The summed E-state index contributed by atoms with van der Waals surface area (Å²) in [4.78, 5) is 2.31. The van der Waals surface area contributed by atoms with Crippen LogP contribution in [0.25, 0.3) is 21.9 Å². The standard InChI is InChI=1S/C25H24N2O/c1-2-27(17-18-8-12-23(28)13-9-18)22-11-10-20-15-24(19-6-4-3-5-7-19)25(26)16-21(20)14-22/h3-16,28H,2,17,26H2,1H3. The lowest BCUT2D eigenvalue weighted by molar-refractivity contribution is 0.475. The predicted molar refractivity (Wildman–Crippen MR) is 119 cm³/mol. The SMILES string of the molecule is CCN(Cc1ccc(O)cc1)c1ccc2cc(-c3ccccc3)c(N)cc2c1. The number of nitrogens with two attached hydrogens (primary N) is 1. The minimum Gasteiger partial charge on any atom is -0.508 e. The van der Waals surface area contributed by atoms with Crippen LogP contribution in [0.3, 0.4) is 0 Å². The van der Waals surface area contributed by atoms with Crippen LogP contribution in [-0.4, -0.2) is 11.7 Å². The van der Waals surface area contributed by atoms with E-state index in [-0.39, 0.29) is 0 Å². The van der Waals surface area contributed by atoms with Crippen molar-refractivity contribution in [2.75, 3.05) is 17.2 Å². The third-order valence-corrected chi connectivity index (χ3v) is 5.13.